The van der Waals surface area contributed by atoms with Gasteiger partial charge in [-0.1, -0.05) is 109 Å². The van der Waals surface area contributed by atoms with E-state index in [-0.39, 0.29) is 35.5 Å². The number of rotatable bonds is 4. The van der Waals surface area contributed by atoms with Gasteiger partial charge >= 0.3 is 0 Å². The molecule has 0 saturated heterocycles. The Kier molecular flexibility index (Phi) is 3.94. The Hall–Kier alpha value is -5.35. The molecule has 194 valence electrons. The van der Waals surface area contributed by atoms with Crippen molar-refractivity contribution in [2.75, 3.05) is 0 Å². The van der Waals surface area contributed by atoms with Crippen molar-refractivity contribution in [3.05, 3.63) is 132 Å². The highest BCUT2D eigenvalue weighted by molar-refractivity contribution is 6.01. The van der Waals surface area contributed by atoms with Crippen molar-refractivity contribution < 1.29 is 15.4 Å². The van der Waals surface area contributed by atoms with E-state index in [0.717, 1.165) is 10.8 Å². The van der Waals surface area contributed by atoms with Crippen LogP contribution in [0.15, 0.2) is 126 Å². The molecule has 2 aromatic heterocycles. The molecule has 0 amide bonds. The fraction of sp³-hybridized carbons (Fsp3) is 0.0541. The summed E-state index contributed by atoms with van der Waals surface area (Å²) in [5, 5.41) is 2.62. The van der Waals surface area contributed by atoms with Crippen molar-refractivity contribution in [2.45, 2.75) is 12.8 Å². The molecule has 1 unspecified atom stereocenters. The summed E-state index contributed by atoms with van der Waals surface area (Å²) < 4.78 is 73.6. The number of hydrogen-bond donors (Lipinski definition) is 0. The first-order valence-electron chi connectivity index (χ1n) is 17.3. The van der Waals surface area contributed by atoms with Crippen molar-refractivity contribution in [2.24, 2.45) is 0 Å². The molecular weight excluding hydrogens is 502 g/mol. The van der Waals surface area contributed by atoms with Gasteiger partial charge in [0.05, 0.1) is 9.60 Å². The predicted octanol–water partition coefficient (Wildman–Crippen LogP) is 9.40. The number of benzene rings is 5. The Morgan fingerprint density at radius 3 is 2.27 bits per heavy atom. The summed E-state index contributed by atoms with van der Waals surface area (Å²) in [4.78, 5) is 14.2. The van der Waals surface area contributed by atoms with Crippen molar-refractivity contribution in [3.8, 4) is 45.3 Å². The van der Waals surface area contributed by atoms with Crippen LogP contribution in [-0.4, -0.2) is 15.0 Å². The maximum Gasteiger partial charge on any atom is 0.164 e. The van der Waals surface area contributed by atoms with Crippen LogP contribution in [0.25, 0.3) is 73.1 Å². The lowest BCUT2D eigenvalue weighted by molar-refractivity contribution is 0.546. The van der Waals surface area contributed by atoms with Gasteiger partial charge in [0.1, 0.15) is 11.3 Å². The highest BCUT2D eigenvalue weighted by Gasteiger charge is 2.19. The van der Waals surface area contributed by atoms with Crippen LogP contribution in [0.3, 0.4) is 0 Å². The Bertz CT molecular complexity index is 2520. The minimum Gasteiger partial charge on any atom is -0.460 e. The predicted molar refractivity (Wildman–Crippen MR) is 166 cm³/mol. The van der Waals surface area contributed by atoms with E-state index in [1.165, 1.54) is 0 Å². The third-order valence-corrected chi connectivity index (χ3v) is 7.14. The summed E-state index contributed by atoms with van der Waals surface area (Å²) in [6, 6.07) is 22.4. The first-order valence-corrected chi connectivity index (χ1v) is 13.2. The highest BCUT2D eigenvalue weighted by atomic mass is 16.3. The van der Waals surface area contributed by atoms with Crippen LogP contribution in [0.1, 0.15) is 28.7 Å². The van der Waals surface area contributed by atoms with Gasteiger partial charge in [-0.2, -0.15) is 0 Å². The van der Waals surface area contributed by atoms with Crippen LogP contribution >= 0.6 is 0 Å². The van der Waals surface area contributed by atoms with Crippen LogP contribution in [0.4, 0.5) is 0 Å². The van der Waals surface area contributed by atoms with E-state index < -0.39 is 36.6 Å². The maximum absolute atomic E-state index is 8.90. The van der Waals surface area contributed by atoms with Crippen LogP contribution < -0.4 is 0 Å². The molecule has 8 rings (SSSR count). The third-order valence-electron chi connectivity index (χ3n) is 7.14. The molecule has 1 atom stereocenters. The second-order valence-corrected chi connectivity index (χ2v) is 9.68. The number of hydrogen-bond acceptors (Lipinski definition) is 4. The highest BCUT2D eigenvalue weighted by Crippen LogP contribution is 2.38. The molecule has 4 heteroatoms. The molecule has 5 aromatic carbocycles. The Labute approximate surface area is 248 Å². The molecule has 0 fully saturated rings. The van der Waals surface area contributed by atoms with Crippen molar-refractivity contribution in [1.29, 1.82) is 0 Å². The van der Waals surface area contributed by atoms with E-state index in [2.05, 4.69) is 9.97 Å². The zero-order valence-corrected chi connectivity index (χ0v) is 21.6. The molecule has 1 aliphatic rings. The number of nitrogens with zero attached hydrogens (tertiary/aromatic N) is 3. The molecule has 0 bridgehead atoms. The normalized spacial score (nSPS) is 17.4. The van der Waals surface area contributed by atoms with Crippen LogP contribution in [0.2, 0.25) is 0 Å². The van der Waals surface area contributed by atoms with Gasteiger partial charge in [0.15, 0.2) is 17.5 Å². The largest absolute Gasteiger partial charge is 0.460 e. The van der Waals surface area contributed by atoms with E-state index in [1.807, 2.05) is 54.6 Å². The Morgan fingerprint density at radius 1 is 0.659 bits per heavy atom. The average Bonchev–Trinajstić information content (AvgIpc) is 3.48. The smallest absolute Gasteiger partial charge is 0.164 e. The van der Waals surface area contributed by atoms with Gasteiger partial charge in [-0.05, 0) is 46.5 Å². The summed E-state index contributed by atoms with van der Waals surface area (Å²) in [7, 11) is 0. The molecule has 0 radical (unpaired) electrons. The van der Waals surface area contributed by atoms with Gasteiger partial charge in [-0.15, -0.1) is 0 Å². The van der Waals surface area contributed by atoms with Crippen LogP contribution in [0, 0.1) is 0 Å². The summed E-state index contributed by atoms with van der Waals surface area (Å²) >= 11 is 0. The summed E-state index contributed by atoms with van der Waals surface area (Å²) in [6.07, 6.45) is 1.24. The molecule has 0 saturated carbocycles. The quantitative estimate of drug-likeness (QED) is 0.225. The number of aryl methyl sites for hydroxylation is 1. The van der Waals surface area contributed by atoms with E-state index in [9.17, 15) is 0 Å². The van der Waals surface area contributed by atoms with Gasteiger partial charge in [0.2, 0.25) is 0 Å². The molecule has 0 aliphatic heterocycles. The molecule has 1 aliphatic carbocycles. The van der Waals surface area contributed by atoms with Gasteiger partial charge in [0, 0.05) is 35.4 Å². The van der Waals surface area contributed by atoms with E-state index in [1.54, 1.807) is 30.3 Å². The zero-order valence-electron chi connectivity index (χ0n) is 29.6. The Balaban J connectivity index is 1.36. The minimum absolute atomic E-state index is 0.0719. The maximum atomic E-state index is 8.90. The lowest BCUT2D eigenvalue weighted by atomic mass is 9.94. The fourth-order valence-corrected chi connectivity index (χ4v) is 5.21. The fourth-order valence-electron chi connectivity index (χ4n) is 5.21. The van der Waals surface area contributed by atoms with Crippen molar-refractivity contribution in [3.63, 3.8) is 0 Å². The first kappa shape index (κ1) is 16.7. The van der Waals surface area contributed by atoms with E-state index >= 15 is 0 Å². The van der Waals surface area contributed by atoms with Crippen molar-refractivity contribution >= 4 is 27.8 Å². The lowest BCUT2D eigenvalue weighted by Gasteiger charge is -2.11. The summed E-state index contributed by atoms with van der Waals surface area (Å²) in [5.74, 6) is 0.853. The third kappa shape index (κ3) is 4.21. The standard InChI is InChI=1S/C37H25N3O/c1-2-11-25(12-3-1)35-38-36(40-37(39-35)29-21-20-24-10-4-5-13-26(24)22-29)28-15-8-14-27(23-28)30-17-9-19-33-34(30)31-16-6-7-18-32(31)41-33/h1-6,8-17,19-23H,7,18H2/i1D,2D,3D,6D,11D,12D,17D,18D. The minimum atomic E-state index is -0.716. The van der Waals surface area contributed by atoms with Gasteiger partial charge in [-0.3, -0.25) is 0 Å². The topological polar surface area (TPSA) is 51.8 Å². The lowest BCUT2D eigenvalue weighted by Crippen LogP contribution is -2.00. The number of furan rings is 1. The van der Waals surface area contributed by atoms with Crippen LogP contribution in [0.5, 0.6) is 0 Å². The van der Waals surface area contributed by atoms with E-state index in [0.29, 0.717) is 50.6 Å². The number of aromatic nitrogens is 3. The molecular formula is C37H25N3O. The van der Waals surface area contributed by atoms with E-state index in [4.69, 9.17) is 20.4 Å². The molecule has 7 aromatic rings. The molecule has 4 nitrogen and oxygen atoms in total. The summed E-state index contributed by atoms with van der Waals surface area (Å²) in [6.45, 7) is 0. The van der Waals surface area contributed by atoms with Crippen molar-refractivity contribution in [1.82, 2.24) is 15.0 Å². The molecule has 0 N–H and O–H groups in total. The van der Waals surface area contributed by atoms with Gasteiger partial charge < -0.3 is 4.42 Å². The molecule has 0 spiro atoms. The zero-order chi connectivity index (χ0) is 34.1. The molecule has 41 heavy (non-hydrogen) atoms. The second-order valence-electron chi connectivity index (χ2n) is 9.68. The number of fused-ring (bicyclic) bond motifs is 4. The SMILES string of the molecule is [2H]C1=Cc2c(oc3ccc([2H])c(-c4cccc(-c5nc(-c6ccc7ccccc7c6)nc(-c6c([2H])c([2H])c([2H])c([2H])c6[2H])n5)c4)c23)C([2H])C1. The summed E-state index contributed by atoms with van der Waals surface area (Å²) in [5.41, 5.74) is 3.42. The van der Waals surface area contributed by atoms with Crippen LogP contribution in [-0.2, 0) is 6.40 Å². The monoisotopic (exact) mass is 535 g/mol. The molecule has 2 heterocycles. The number of allylic oxidation sites excluding steroid dienone is 1. The van der Waals surface area contributed by atoms with Gasteiger partial charge in [0.25, 0.3) is 0 Å². The second kappa shape index (κ2) is 9.68. The Morgan fingerprint density at radius 2 is 1.41 bits per heavy atom. The first-order chi connectivity index (χ1) is 23.6. The van der Waals surface area contributed by atoms with Gasteiger partial charge in [-0.25, -0.2) is 15.0 Å². The average molecular weight is 536 g/mol.